The van der Waals surface area contributed by atoms with Crippen LogP contribution in [0.2, 0.25) is 0 Å². The van der Waals surface area contributed by atoms with E-state index in [2.05, 4.69) is 19.9 Å². The first kappa shape index (κ1) is 22.4. The number of aryl methyl sites for hydroxylation is 1. The highest BCUT2D eigenvalue weighted by Crippen LogP contribution is 2.38. The summed E-state index contributed by atoms with van der Waals surface area (Å²) in [4.78, 5) is 30.4. The fourth-order valence-corrected chi connectivity index (χ4v) is 4.75. The van der Waals surface area contributed by atoms with Crippen molar-refractivity contribution in [1.82, 2.24) is 29.4 Å². The number of rotatable bonds is 7. The summed E-state index contributed by atoms with van der Waals surface area (Å²) in [5, 5.41) is 0. The van der Waals surface area contributed by atoms with Gasteiger partial charge >= 0.3 is 6.08 Å². The highest BCUT2D eigenvalue weighted by Gasteiger charge is 2.23. The average molecular weight is 493 g/mol. The molecule has 186 valence electrons. The molecule has 0 radical (unpaired) electrons. The largest absolute Gasteiger partial charge is 0.486 e. The summed E-state index contributed by atoms with van der Waals surface area (Å²) in [6.07, 6.45) is 3.85. The first-order valence-corrected chi connectivity index (χ1v) is 11.8. The molecule has 0 unspecified atom stereocenters. The zero-order chi connectivity index (χ0) is 24.6. The molecule has 12 heteroatoms. The number of carbonyl (C=O) groups is 1. The maximum atomic E-state index is 14.1. The number of ether oxygens (including phenoxy) is 2. The number of hydrogen-bond donors (Lipinski definition) is 1. The predicted octanol–water partition coefficient (Wildman–Crippen LogP) is 2.23. The van der Waals surface area contributed by atoms with E-state index >= 15 is 0 Å². The molecule has 2 aliphatic rings. The molecule has 2 aliphatic heterocycles. The van der Waals surface area contributed by atoms with E-state index in [0.717, 1.165) is 30.6 Å². The van der Waals surface area contributed by atoms with Crippen molar-refractivity contribution in [3.8, 4) is 23.0 Å². The lowest BCUT2D eigenvalue weighted by Gasteiger charge is -2.20. The topological polar surface area (TPSA) is 134 Å². The van der Waals surface area contributed by atoms with Gasteiger partial charge in [0.25, 0.3) is 0 Å². The second-order valence-corrected chi connectivity index (χ2v) is 8.82. The Morgan fingerprint density at radius 3 is 2.67 bits per heavy atom. The number of ketones is 1. The molecule has 0 atom stereocenters. The van der Waals surface area contributed by atoms with Gasteiger partial charge in [-0.25, -0.2) is 9.97 Å². The molecular formula is C24H24FN7O4. The number of Topliss-reactive ketones (excluding diaryl/α,β-unsaturated/α-hetero) is 1. The number of aromatic nitrogens is 5. The van der Waals surface area contributed by atoms with Crippen LogP contribution in [0.25, 0.3) is 22.6 Å². The van der Waals surface area contributed by atoms with Crippen molar-refractivity contribution < 1.29 is 23.1 Å². The number of hydrogen-bond acceptors (Lipinski definition) is 10. The first-order chi connectivity index (χ1) is 17.5. The quantitative estimate of drug-likeness (QED) is 0.382. The van der Waals surface area contributed by atoms with Crippen LogP contribution in [0.4, 0.5) is 10.2 Å². The van der Waals surface area contributed by atoms with Crippen molar-refractivity contribution in [1.29, 1.82) is 0 Å². The molecule has 0 saturated carbocycles. The Bertz CT molecular complexity index is 1440. The third kappa shape index (κ3) is 4.24. The molecule has 11 nitrogen and oxygen atoms in total. The number of nitrogens with two attached hydrogens (primary N) is 1. The Kier molecular flexibility index (Phi) is 5.72. The number of nitrogen functional groups attached to an aromatic ring is 1. The second kappa shape index (κ2) is 9.19. The number of nitrogens with zero attached hydrogens (tertiary/aromatic N) is 6. The van der Waals surface area contributed by atoms with E-state index in [1.54, 1.807) is 6.20 Å². The summed E-state index contributed by atoms with van der Waals surface area (Å²) in [7, 11) is 0. The number of imidazole rings is 1. The third-order valence-electron chi connectivity index (χ3n) is 6.42. The fraction of sp³-hybridized carbons (Fsp3) is 0.375. The van der Waals surface area contributed by atoms with Crippen molar-refractivity contribution in [3.63, 3.8) is 0 Å². The zero-order valence-electron chi connectivity index (χ0n) is 19.4. The monoisotopic (exact) mass is 493 g/mol. The van der Waals surface area contributed by atoms with Crippen molar-refractivity contribution in [2.45, 2.75) is 25.8 Å². The lowest BCUT2D eigenvalue weighted by molar-refractivity contribution is -0.116. The number of carbonyl (C=O) groups excluding carboxylic acids is 1. The smallest absolute Gasteiger partial charge is 0.312 e. The molecular weight excluding hydrogens is 469 g/mol. The second-order valence-electron chi connectivity index (χ2n) is 8.82. The molecule has 0 aliphatic carbocycles. The minimum Gasteiger partial charge on any atom is -0.486 e. The van der Waals surface area contributed by atoms with Crippen LogP contribution in [-0.2, 0) is 17.8 Å². The van der Waals surface area contributed by atoms with E-state index in [4.69, 9.17) is 24.6 Å². The van der Waals surface area contributed by atoms with Crippen LogP contribution in [0.5, 0.6) is 11.5 Å². The maximum absolute atomic E-state index is 14.1. The molecule has 0 amide bonds. The Hall–Kier alpha value is -4.06. The fourth-order valence-electron chi connectivity index (χ4n) is 4.75. The van der Waals surface area contributed by atoms with E-state index in [9.17, 15) is 9.18 Å². The molecule has 4 aromatic rings. The highest BCUT2D eigenvalue weighted by atomic mass is 19.1. The van der Waals surface area contributed by atoms with Crippen LogP contribution in [0, 0.1) is 6.08 Å². The maximum Gasteiger partial charge on any atom is 0.312 e. The van der Waals surface area contributed by atoms with Gasteiger partial charge in [0, 0.05) is 38.0 Å². The van der Waals surface area contributed by atoms with Crippen LogP contribution >= 0.6 is 0 Å². The Morgan fingerprint density at radius 2 is 1.92 bits per heavy atom. The minimum absolute atomic E-state index is 0.0160. The van der Waals surface area contributed by atoms with Crippen molar-refractivity contribution in [2.75, 3.05) is 38.6 Å². The van der Waals surface area contributed by atoms with Crippen molar-refractivity contribution in [3.05, 3.63) is 42.1 Å². The standard InChI is InChI=1S/C24H24FN7O4/c25-24-29-21(26)20-22(30-24)32(5-1-4-31-6-2-15(33)13-31)19(28-20)11-14-10-17-18(35-9-8-34-17)12-16(14)23-27-3-7-36-23/h3,7,10,12H,1-2,4-6,8-9,11,13H2,(H2,26,29,30). The third-order valence-corrected chi connectivity index (χ3v) is 6.42. The molecule has 0 bridgehead atoms. The number of oxazole rings is 1. The molecule has 1 fully saturated rings. The molecule has 5 heterocycles. The van der Waals surface area contributed by atoms with Gasteiger partial charge in [0.15, 0.2) is 28.5 Å². The van der Waals surface area contributed by atoms with Gasteiger partial charge in [0.1, 0.15) is 31.1 Å². The van der Waals surface area contributed by atoms with Gasteiger partial charge in [-0.1, -0.05) is 0 Å². The van der Waals surface area contributed by atoms with E-state index in [-0.39, 0.29) is 11.6 Å². The van der Waals surface area contributed by atoms with Gasteiger partial charge in [-0.2, -0.15) is 14.4 Å². The predicted molar refractivity (Wildman–Crippen MR) is 126 cm³/mol. The van der Waals surface area contributed by atoms with E-state index in [0.29, 0.717) is 73.5 Å². The molecule has 0 spiro atoms. The highest BCUT2D eigenvalue weighted by molar-refractivity contribution is 5.83. The number of fused-ring (bicyclic) bond motifs is 2. The molecule has 2 N–H and O–H groups in total. The number of anilines is 1. The number of halogens is 1. The van der Waals surface area contributed by atoms with E-state index < -0.39 is 6.08 Å². The van der Waals surface area contributed by atoms with Crippen LogP contribution in [0.3, 0.4) is 0 Å². The average Bonchev–Trinajstić information content (AvgIpc) is 3.61. The first-order valence-electron chi connectivity index (χ1n) is 11.8. The van der Waals surface area contributed by atoms with Crippen molar-refractivity contribution >= 4 is 22.8 Å². The summed E-state index contributed by atoms with van der Waals surface area (Å²) < 4.78 is 33.1. The summed E-state index contributed by atoms with van der Waals surface area (Å²) in [6.45, 7) is 3.40. The van der Waals surface area contributed by atoms with Gasteiger partial charge in [-0.15, -0.1) is 0 Å². The van der Waals surface area contributed by atoms with Gasteiger partial charge in [-0.3, -0.25) is 9.69 Å². The Morgan fingerprint density at radius 1 is 1.08 bits per heavy atom. The summed E-state index contributed by atoms with van der Waals surface area (Å²) in [5.41, 5.74) is 8.26. The van der Waals surface area contributed by atoms with E-state index in [1.807, 2.05) is 16.7 Å². The lowest BCUT2D eigenvalue weighted by Crippen LogP contribution is -2.23. The molecule has 3 aromatic heterocycles. The molecule has 1 aromatic carbocycles. The van der Waals surface area contributed by atoms with Crippen LogP contribution in [0.15, 0.2) is 29.0 Å². The number of benzene rings is 1. The Labute approximate surface area is 205 Å². The zero-order valence-corrected chi connectivity index (χ0v) is 19.4. The van der Waals surface area contributed by atoms with Crippen molar-refractivity contribution in [2.24, 2.45) is 0 Å². The molecule has 6 rings (SSSR count). The van der Waals surface area contributed by atoms with Gasteiger partial charge in [-0.05, 0) is 24.1 Å². The number of likely N-dealkylation sites (tertiary alicyclic amines) is 1. The van der Waals surface area contributed by atoms with Gasteiger partial charge in [0.2, 0.25) is 5.89 Å². The summed E-state index contributed by atoms with van der Waals surface area (Å²) in [6, 6.07) is 3.74. The van der Waals surface area contributed by atoms with Crippen LogP contribution in [-0.4, -0.2) is 68.0 Å². The van der Waals surface area contributed by atoms with Crippen LogP contribution < -0.4 is 15.2 Å². The van der Waals surface area contributed by atoms with Gasteiger partial charge in [0.05, 0.1) is 12.7 Å². The summed E-state index contributed by atoms with van der Waals surface area (Å²) >= 11 is 0. The molecule has 1 saturated heterocycles. The normalized spacial score (nSPS) is 15.8. The molecule has 36 heavy (non-hydrogen) atoms. The SMILES string of the molecule is Nc1nc(F)nc2c1nc(Cc1cc3c(cc1-c1ncco1)OCCO3)n2CCCN1CCC(=O)C1. The summed E-state index contributed by atoms with van der Waals surface area (Å²) in [5.74, 6) is 2.55. The van der Waals surface area contributed by atoms with Gasteiger partial charge < -0.3 is 24.2 Å². The Balaban J connectivity index is 1.38. The minimum atomic E-state index is -0.905. The lowest BCUT2D eigenvalue weighted by atomic mass is 10.0. The van der Waals surface area contributed by atoms with E-state index in [1.165, 1.54) is 6.26 Å². The van der Waals surface area contributed by atoms with Crippen LogP contribution in [0.1, 0.15) is 24.2 Å².